The van der Waals surface area contributed by atoms with Gasteiger partial charge in [0, 0.05) is 5.56 Å². The minimum atomic E-state index is -0.435. The quantitative estimate of drug-likeness (QED) is 0.880. The standard InChI is InChI=1S/C16H19N3O2/c1-21-16(20)13-14(11-7-3-2-4-8-11)18-19(15(13)17)12-9-5-6-10-12/h2-4,7-8,12H,5-6,9-10,17H2,1H3. The van der Waals surface area contributed by atoms with Crippen molar-refractivity contribution in [2.24, 2.45) is 0 Å². The molecule has 5 heteroatoms. The van der Waals surface area contributed by atoms with Crippen molar-refractivity contribution in [1.82, 2.24) is 9.78 Å². The van der Waals surface area contributed by atoms with Crippen LogP contribution in [0.2, 0.25) is 0 Å². The van der Waals surface area contributed by atoms with Gasteiger partial charge in [0.05, 0.1) is 13.2 Å². The third-order valence-corrected chi connectivity index (χ3v) is 4.05. The summed E-state index contributed by atoms with van der Waals surface area (Å²) in [4.78, 5) is 12.1. The van der Waals surface area contributed by atoms with Crippen LogP contribution in [0.5, 0.6) is 0 Å². The fourth-order valence-electron chi connectivity index (χ4n) is 2.98. The lowest BCUT2D eigenvalue weighted by Crippen LogP contribution is -2.12. The first-order chi connectivity index (χ1) is 10.2. The number of hydrogen-bond donors (Lipinski definition) is 1. The fourth-order valence-corrected chi connectivity index (χ4v) is 2.98. The Labute approximate surface area is 123 Å². The Hall–Kier alpha value is -2.30. The second kappa shape index (κ2) is 5.60. The Morgan fingerprint density at radius 3 is 2.57 bits per heavy atom. The lowest BCUT2D eigenvalue weighted by atomic mass is 10.1. The van der Waals surface area contributed by atoms with E-state index in [2.05, 4.69) is 5.10 Å². The van der Waals surface area contributed by atoms with Crippen LogP contribution in [-0.4, -0.2) is 22.9 Å². The number of aromatic nitrogens is 2. The van der Waals surface area contributed by atoms with E-state index < -0.39 is 5.97 Å². The number of carbonyl (C=O) groups excluding carboxylic acids is 1. The van der Waals surface area contributed by atoms with Crippen LogP contribution in [0.15, 0.2) is 30.3 Å². The van der Waals surface area contributed by atoms with Crippen LogP contribution in [0.3, 0.4) is 0 Å². The largest absolute Gasteiger partial charge is 0.465 e. The van der Waals surface area contributed by atoms with E-state index in [1.165, 1.54) is 20.0 Å². The van der Waals surface area contributed by atoms with E-state index in [4.69, 9.17) is 10.5 Å². The molecule has 0 amide bonds. The van der Waals surface area contributed by atoms with Crippen molar-refractivity contribution in [3.8, 4) is 11.3 Å². The van der Waals surface area contributed by atoms with E-state index in [0.717, 1.165) is 18.4 Å². The highest BCUT2D eigenvalue weighted by Gasteiger charge is 2.28. The number of anilines is 1. The number of nitrogen functional groups attached to an aromatic ring is 1. The molecule has 0 atom stereocenters. The number of hydrogen-bond acceptors (Lipinski definition) is 4. The van der Waals surface area contributed by atoms with Crippen LogP contribution in [0.1, 0.15) is 42.1 Å². The number of carbonyl (C=O) groups is 1. The topological polar surface area (TPSA) is 70.1 Å². The van der Waals surface area contributed by atoms with Gasteiger partial charge in [0.1, 0.15) is 17.1 Å². The third-order valence-electron chi connectivity index (χ3n) is 4.05. The Bertz CT molecular complexity index is 643. The van der Waals surface area contributed by atoms with E-state index in [1.807, 2.05) is 35.0 Å². The van der Waals surface area contributed by atoms with Gasteiger partial charge in [0.25, 0.3) is 0 Å². The molecule has 1 aliphatic rings. The van der Waals surface area contributed by atoms with Crippen molar-refractivity contribution in [1.29, 1.82) is 0 Å². The minimum Gasteiger partial charge on any atom is -0.465 e. The number of methoxy groups -OCH3 is 1. The van der Waals surface area contributed by atoms with Gasteiger partial charge in [-0.3, -0.25) is 0 Å². The molecule has 0 spiro atoms. The molecule has 0 aliphatic heterocycles. The van der Waals surface area contributed by atoms with Gasteiger partial charge in [-0.2, -0.15) is 5.10 Å². The molecule has 0 unspecified atom stereocenters. The maximum atomic E-state index is 12.1. The number of esters is 1. The van der Waals surface area contributed by atoms with Crippen molar-refractivity contribution >= 4 is 11.8 Å². The van der Waals surface area contributed by atoms with E-state index in [1.54, 1.807) is 0 Å². The summed E-state index contributed by atoms with van der Waals surface area (Å²) in [6, 6.07) is 9.90. The van der Waals surface area contributed by atoms with Gasteiger partial charge in [-0.05, 0) is 12.8 Å². The number of benzene rings is 1. The van der Waals surface area contributed by atoms with Gasteiger partial charge in [0.15, 0.2) is 0 Å². The zero-order valence-electron chi connectivity index (χ0n) is 12.1. The molecule has 1 aromatic carbocycles. The van der Waals surface area contributed by atoms with Crippen LogP contribution in [0, 0.1) is 0 Å². The molecule has 0 bridgehead atoms. The zero-order chi connectivity index (χ0) is 14.8. The molecule has 2 aromatic rings. The van der Waals surface area contributed by atoms with Gasteiger partial charge in [-0.1, -0.05) is 43.2 Å². The summed E-state index contributed by atoms with van der Waals surface area (Å²) < 4.78 is 6.69. The van der Waals surface area contributed by atoms with Crippen molar-refractivity contribution in [3.63, 3.8) is 0 Å². The van der Waals surface area contributed by atoms with Gasteiger partial charge < -0.3 is 10.5 Å². The molecule has 0 saturated heterocycles. The summed E-state index contributed by atoms with van der Waals surface area (Å²) in [6.07, 6.45) is 4.47. The molecular weight excluding hydrogens is 266 g/mol. The van der Waals surface area contributed by atoms with Crippen LogP contribution in [0.4, 0.5) is 5.82 Å². The normalized spacial score (nSPS) is 15.3. The van der Waals surface area contributed by atoms with Crippen LogP contribution >= 0.6 is 0 Å². The summed E-state index contributed by atoms with van der Waals surface area (Å²) in [5.41, 5.74) is 8.05. The molecule has 110 valence electrons. The molecule has 1 fully saturated rings. The minimum absolute atomic E-state index is 0.283. The number of ether oxygens (including phenoxy) is 1. The zero-order valence-corrected chi connectivity index (χ0v) is 12.1. The highest BCUT2D eigenvalue weighted by Crippen LogP contribution is 2.35. The predicted octanol–water partition coefficient (Wildman–Crippen LogP) is 3.03. The molecule has 3 rings (SSSR count). The van der Waals surface area contributed by atoms with E-state index in [0.29, 0.717) is 17.1 Å². The molecule has 1 heterocycles. The van der Waals surface area contributed by atoms with Gasteiger partial charge in [0.2, 0.25) is 0 Å². The Morgan fingerprint density at radius 1 is 1.29 bits per heavy atom. The number of rotatable bonds is 3. The second-order valence-corrected chi connectivity index (χ2v) is 5.35. The molecule has 1 saturated carbocycles. The molecule has 5 nitrogen and oxygen atoms in total. The third kappa shape index (κ3) is 2.39. The summed E-state index contributed by atoms with van der Waals surface area (Å²) in [6.45, 7) is 0. The van der Waals surface area contributed by atoms with Gasteiger partial charge >= 0.3 is 5.97 Å². The fraction of sp³-hybridized carbons (Fsp3) is 0.375. The Morgan fingerprint density at radius 2 is 1.95 bits per heavy atom. The maximum absolute atomic E-state index is 12.1. The highest BCUT2D eigenvalue weighted by molar-refractivity contribution is 6.00. The van der Waals surface area contributed by atoms with Gasteiger partial charge in [-0.15, -0.1) is 0 Å². The molecule has 1 aliphatic carbocycles. The Kier molecular flexibility index (Phi) is 3.64. The molecule has 1 aromatic heterocycles. The van der Waals surface area contributed by atoms with Crippen LogP contribution < -0.4 is 5.73 Å². The average molecular weight is 285 g/mol. The van der Waals surface area contributed by atoms with E-state index >= 15 is 0 Å². The van der Waals surface area contributed by atoms with Crippen LogP contribution in [-0.2, 0) is 4.74 Å². The molecule has 0 radical (unpaired) electrons. The van der Waals surface area contributed by atoms with Crippen molar-refractivity contribution in [2.45, 2.75) is 31.7 Å². The summed E-state index contributed by atoms with van der Waals surface area (Å²) >= 11 is 0. The Balaban J connectivity index is 2.13. The smallest absolute Gasteiger partial charge is 0.343 e. The maximum Gasteiger partial charge on any atom is 0.343 e. The lowest BCUT2D eigenvalue weighted by molar-refractivity contribution is 0.0602. The second-order valence-electron chi connectivity index (χ2n) is 5.35. The molecule has 21 heavy (non-hydrogen) atoms. The average Bonchev–Trinajstić information content (AvgIpc) is 3.15. The summed E-state index contributed by atoms with van der Waals surface area (Å²) in [5, 5.41) is 4.62. The first kappa shape index (κ1) is 13.7. The highest BCUT2D eigenvalue weighted by atomic mass is 16.5. The molecular formula is C16H19N3O2. The summed E-state index contributed by atoms with van der Waals surface area (Å²) in [7, 11) is 1.36. The van der Waals surface area contributed by atoms with Gasteiger partial charge in [-0.25, -0.2) is 9.48 Å². The van der Waals surface area contributed by atoms with Crippen molar-refractivity contribution < 1.29 is 9.53 Å². The van der Waals surface area contributed by atoms with E-state index in [-0.39, 0.29) is 6.04 Å². The number of nitrogens with zero attached hydrogens (tertiary/aromatic N) is 2. The monoisotopic (exact) mass is 285 g/mol. The SMILES string of the molecule is COC(=O)c1c(-c2ccccc2)nn(C2CCCC2)c1N. The number of nitrogens with two attached hydrogens (primary N) is 1. The van der Waals surface area contributed by atoms with Crippen molar-refractivity contribution in [2.75, 3.05) is 12.8 Å². The van der Waals surface area contributed by atoms with Crippen LogP contribution in [0.25, 0.3) is 11.3 Å². The molecule has 2 N–H and O–H groups in total. The van der Waals surface area contributed by atoms with E-state index in [9.17, 15) is 4.79 Å². The summed E-state index contributed by atoms with van der Waals surface area (Å²) in [5.74, 6) is -0.0248. The predicted molar refractivity (Wildman–Crippen MR) is 80.9 cm³/mol. The van der Waals surface area contributed by atoms with Crippen molar-refractivity contribution in [3.05, 3.63) is 35.9 Å². The first-order valence-electron chi connectivity index (χ1n) is 7.24. The first-order valence-corrected chi connectivity index (χ1v) is 7.24. The lowest BCUT2D eigenvalue weighted by Gasteiger charge is -2.11.